The number of hydrogen-bond acceptors (Lipinski definition) is 1. The first kappa shape index (κ1) is 7.07. The fourth-order valence-electron chi connectivity index (χ4n) is 1.16. The average molecular weight is 127 g/mol. The predicted octanol–water partition coefficient (Wildman–Crippen LogP) is 1.91. The van der Waals surface area contributed by atoms with Gasteiger partial charge in [0.25, 0.3) is 0 Å². The average Bonchev–Trinajstić information content (AvgIpc) is 2.49. The van der Waals surface area contributed by atoms with E-state index in [2.05, 4.69) is 20.8 Å². The molecule has 1 nitrogen and oxygen atoms in total. The fraction of sp³-hybridized carbons (Fsp3) is 1.00. The zero-order valence-corrected chi connectivity index (χ0v) is 6.70. The van der Waals surface area contributed by atoms with Crippen LogP contribution in [-0.2, 0) is 0 Å². The maximum Gasteiger partial charge on any atom is 0.0207 e. The lowest BCUT2D eigenvalue weighted by molar-refractivity contribution is 0.256. The van der Waals surface area contributed by atoms with Crippen molar-refractivity contribution in [2.45, 2.75) is 45.6 Å². The number of hydrogen-bond donors (Lipinski definition) is 1. The van der Waals surface area contributed by atoms with E-state index in [-0.39, 0.29) is 5.54 Å². The quantitative estimate of drug-likeness (QED) is 0.602. The van der Waals surface area contributed by atoms with Crippen LogP contribution in [0.15, 0.2) is 0 Å². The third kappa shape index (κ3) is 0.983. The molecule has 0 unspecified atom stereocenters. The summed E-state index contributed by atoms with van der Waals surface area (Å²) in [5.41, 5.74) is 6.60. The highest BCUT2D eigenvalue weighted by atomic mass is 14.9. The molecule has 0 amide bonds. The molecule has 0 aliphatic heterocycles. The first-order chi connectivity index (χ1) is 4.02. The molecular weight excluding hydrogens is 110 g/mol. The maximum atomic E-state index is 6.03. The second-order valence-electron chi connectivity index (χ2n) is 3.89. The van der Waals surface area contributed by atoms with Crippen LogP contribution in [-0.4, -0.2) is 5.54 Å². The standard InChI is InChI=1S/C8H17N/c1-4-7(2,3)8(9)5-6-8/h4-6,9H2,1-3H3. The van der Waals surface area contributed by atoms with E-state index in [1.54, 1.807) is 0 Å². The summed E-state index contributed by atoms with van der Waals surface area (Å²) in [4.78, 5) is 0. The van der Waals surface area contributed by atoms with Crippen molar-refractivity contribution in [2.75, 3.05) is 0 Å². The van der Waals surface area contributed by atoms with Crippen molar-refractivity contribution in [1.82, 2.24) is 0 Å². The number of rotatable bonds is 2. The van der Waals surface area contributed by atoms with Crippen molar-refractivity contribution >= 4 is 0 Å². The van der Waals surface area contributed by atoms with Gasteiger partial charge in [0, 0.05) is 5.54 Å². The summed E-state index contributed by atoms with van der Waals surface area (Å²) in [5, 5.41) is 0. The summed E-state index contributed by atoms with van der Waals surface area (Å²) in [6.45, 7) is 6.74. The Balaban J connectivity index is 2.58. The Kier molecular flexibility index (Phi) is 1.35. The van der Waals surface area contributed by atoms with Crippen LogP contribution in [0.2, 0.25) is 0 Å². The van der Waals surface area contributed by atoms with Gasteiger partial charge in [-0.1, -0.05) is 20.8 Å². The second kappa shape index (κ2) is 1.72. The van der Waals surface area contributed by atoms with E-state index < -0.39 is 0 Å². The van der Waals surface area contributed by atoms with Gasteiger partial charge in [-0.05, 0) is 24.7 Å². The van der Waals surface area contributed by atoms with Gasteiger partial charge in [0.2, 0.25) is 0 Å². The Bertz CT molecular complexity index is 112. The Morgan fingerprint density at radius 2 is 1.89 bits per heavy atom. The molecule has 1 aliphatic rings. The Morgan fingerprint density at radius 1 is 1.44 bits per heavy atom. The minimum atomic E-state index is 0.196. The summed E-state index contributed by atoms with van der Waals surface area (Å²) >= 11 is 0. The lowest BCUT2D eigenvalue weighted by atomic mass is 9.80. The van der Waals surface area contributed by atoms with Gasteiger partial charge in [0.05, 0.1) is 0 Å². The molecule has 0 spiro atoms. The molecule has 0 heterocycles. The summed E-state index contributed by atoms with van der Waals surface area (Å²) in [5.74, 6) is 0. The van der Waals surface area contributed by atoms with Crippen LogP contribution in [0.4, 0.5) is 0 Å². The van der Waals surface area contributed by atoms with Crippen LogP contribution in [0.25, 0.3) is 0 Å². The molecule has 0 aromatic rings. The molecule has 1 heteroatoms. The highest BCUT2D eigenvalue weighted by Crippen LogP contribution is 2.49. The van der Waals surface area contributed by atoms with E-state index in [1.165, 1.54) is 19.3 Å². The third-order valence-electron chi connectivity index (χ3n) is 3.02. The van der Waals surface area contributed by atoms with Crippen LogP contribution in [0, 0.1) is 5.41 Å². The molecule has 0 saturated heterocycles. The molecule has 1 aliphatic carbocycles. The molecule has 0 atom stereocenters. The van der Waals surface area contributed by atoms with E-state index in [0.29, 0.717) is 5.41 Å². The maximum absolute atomic E-state index is 6.03. The molecule has 1 saturated carbocycles. The van der Waals surface area contributed by atoms with Gasteiger partial charge in [0.1, 0.15) is 0 Å². The Labute approximate surface area is 57.6 Å². The summed E-state index contributed by atoms with van der Waals surface area (Å²) < 4.78 is 0. The molecular formula is C8H17N. The van der Waals surface area contributed by atoms with Gasteiger partial charge in [-0.15, -0.1) is 0 Å². The van der Waals surface area contributed by atoms with Crippen LogP contribution in [0.1, 0.15) is 40.0 Å². The van der Waals surface area contributed by atoms with Crippen molar-refractivity contribution in [1.29, 1.82) is 0 Å². The van der Waals surface area contributed by atoms with Crippen LogP contribution in [0.5, 0.6) is 0 Å². The van der Waals surface area contributed by atoms with Gasteiger partial charge in [0.15, 0.2) is 0 Å². The Morgan fingerprint density at radius 3 is 2.00 bits per heavy atom. The second-order valence-corrected chi connectivity index (χ2v) is 3.89. The topological polar surface area (TPSA) is 26.0 Å². The molecule has 54 valence electrons. The van der Waals surface area contributed by atoms with Crippen LogP contribution in [0.3, 0.4) is 0 Å². The highest BCUT2D eigenvalue weighted by Gasteiger charge is 2.49. The minimum absolute atomic E-state index is 0.196. The van der Waals surface area contributed by atoms with Gasteiger partial charge < -0.3 is 5.73 Å². The molecule has 0 aromatic heterocycles. The molecule has 1 rings (SSSR count). The first-order valence-electron chi connectivity index (χ1n) is 3.81. The van der Waals surface area contributed by atoms with Crippen LogP contribution < -0.4 is 5.73 Å². The Hall–Kier alpha value is -0.0400. The molecule has 9 heavy (non-hydrogen) atoms. The largest absolute Gasteiger partial charge is 0.325 e. The van der Waals surface area contributed by atoms with Gasteiger partial charge in [-0.3, -0.25) is 0 Å². The molecule has 2 N–H and O–H groups in total. The van der Waals surface area contributed by atoms with Crippen LogP contribution >= 0.6 is 0 Å². The minimum Gasteiger partial charge on any atom is -0.325 e. The molecule has 0 radical (unpaired) electrons. The molecule has 0 aromatic carbocycles. The van der Waals surface area contributed by atoms with Gasteiger partial charge >= 0.3 is 0 Å². The van der Waals surface area contributed by atoms with Crippen molar-refractivity contribution in [2.24, 2.45) is 11.1 Å². The van der Waals surface area contributed by atoms with Crippen molar-refractivity contribution in [3.63, 3.8) is 0 Å². The highest BCUT2D eigenvalue weighted by molar-refractivity contribution is 5.08. The van der Waals surface area contributed by atoms with E-state index >= 15 is 0 Å². The SMILES string of the molecule is CCC(C)(C)C1(N)CC1. The van der Waals surface area contributed by atoms with Gasteiger partial charge in [-0.2, -0.15) is 0 Å². The van der Waals surface area contributed by atoms with E-state index in [9.17, 15) is 0 Å². The summed E-state index contributed by atoms with van der Waals surface area (Å²) in [6, 6.07) is 0. The first-order valence-corrected chi connectivity index (χ1v) is 3.81. The van der Waals surface area contributed by atoms with E-state index in [0.717, 1.165) is 0 Å². The van der Waals surface area contributed by atoms with Gasteiger partial charge in [-0.25, -0.2) is 0 Å². The van der Waals surface area contributed by atoms with E-state index in [4.69, 9.17) is 5.73 Å². The molecule has 0 bridgehead atoms. The lowest BCUT2D eigenvalue weighted by Gasteiger charge is -2.30. The summed E-state index contributed by atoms with van der Waals surface area (Å²) in [6.07, 6.45) is 3.66. The van der Waals surface area contributed by atoms with Crippen molar-refractivity contribution in [3.8, 4) is 0 Å². The van der Waals surface area contributed by atoms with Crippen molar-refractivity contribution in [3.05, 3.63) is 0 Å². The summed E-state index contributed by atoms with van der Waals surface area (Å²) in [7, 11) is 0. The predicted molar refractivity (Wildman–Crippen MR) is 40.2 cm³/mol. The fourth-order valence-corrected chi connectivity index (χ4v) is 1.16. The number of nitrogens with two attached hydrogens (primary N) is 1. The monoisotopic (exact) mass is 127 g/mol. The lowest BCUT2D eigenvalue weighted by Crippen LogP contribution is -2.39. The smallest absolute Gasteiger partial charge is 0.0207 e. The normalized spacial score (nSPS) is 24.0. The van der Waals surface area contributed by atoms with E-state index in [1.807, 2.05) is 0 Å². The zero-order valence-electron chi connectivity index (χ0n) is 6.70. The van der Waals surface area contributed by atoms with Crippen molar-refractivity contribution < 1.29 is 0 Å². The molecule has 1 fully saturated rings. The third-order valence-corrected chi connectivity index (χ3v) is 3.02. The zero-order chi connectivity index (χ0) is 7.12.